The highest BCUT2D eigenvalue weighted by atomic mass is 32.1. The molecule has 0 saturated carbocycles. The molecule has 2 aromatic carbocycles. The van der Waals surface area contributed by atoms with Crippen molar-refractivity contribution in [3.8, 4) is 23.0 Å². The van der Waals surface area contributed by atoms with Crippen molar-refractivity contribution in [2.45, 2.75) is 19.9 Å². The number of nitrogens with zero attached hydrogens (tertiary/aromatic N) is 3. The maximum Gasteiger partial charge on any atom is 0.338 e. The van der Waals surface area contributed by atoms with Gasteiger partial charge in [0.05, 0.1) is 63.0 Å². The number of hydrogen-bond donors (Lipinski definition) is 0. The maximum atomic E-state index is 14.0. The van der Waals surface area contributed by atoms with Crippen LogP contribution in [0.2, 0.25) is 0 Å². The summed E-state index contributed by atoms with van der Waals surface area (Å²) in [5, 5.41) is 0. The van der Waals surface area contributed by atoms with Crippen LogP contribution in [0, 0.1) is 0 Å². The maximum absolute atomic E-state index is 14.0. The van der Waals surface area contributed by atoms with Crippen molar-refractivity contribution in [2.24, 2.45) is 4.99 Å². The molecular weight excluding hydrogens is 602 g/mol. The summed E-state index contributed by atoms with van der Waals surface area (Å²) in [6, 6.07) is 9.65. The second-order valence-electron chi connectivity index (χ2n) is 10.1. The van der Waals surface area contributed by atoms with Crippen molar-refractivity contribution in [3.63, 3.8) is 0 Å². The minimum atomic E-state index is -0.809. The van der Waals surface area contributed by atoms with E-state index in [1.807, 2.05) is 0 Å². The molecule has 0 spiro atoms. The van der Waals surface area contributed by atoms with Crippen molar-refractivity contribution in [1.82, 2.24) is 9.47 Å². The first-order valence-electron chi connectivity index (χ1n) is 14.4. The van der Waals surface area contributed by atoms with Gasteiger partial charge in [0, 0.05) is 13.1 Å². The fraction of sp³-hybridized carbons (Fsp3) is 0.375. The number of morpholine rings is 1. The van der Waals surface area contributed by atoms with E-state index in [2.05, 4.69) is 4.99 Å². The van der Waals surface area contributed by atoms with Crippen molar-refractivity contribution in [1.29, 1.82) is 0 Å². The third-order valence-corrected chi connectivity index (χ3v) is 8.42. The largest absolute Gasteiger partial charge is 0.493 e. The first-order chi connectivity index (χ1) is 21.8. The fourth-order valence-corrected chi connectivity index (χ4v) is 6.26. The van der Waals surface area contributed by atoms with Gasteiger partial charge in [0.1, 0.15) is 0 Å². The molecule has 12 nitrogen and oxygen atoms in total. The van der Waals surface area contributed by atoms with E-state index < -0.39 is 12.0 Å². The zero-order valence-corrected chi connectivity index (χ0v) is 26.6. The number of allylic oxidation sites excluding steroid dienone is 1. The Morgan fingerprint density at radius 2 is 1.69 bits per heavy atom. The van der Waals surface area contributed by atoms with Gasteiger partial charge in [-0.25, -0.2) is 9.79 Å². The molecule has 0 unspecified atom stereocenters. The highest BCUT2D eigenvalue weighted by molar-refractivity contribution is 7.07. The van der Waals surface area contributed by atoms with E-state index in [0.29, 0.717) is 75.5 Å². The van der Waals surface area contributed by atoms with Crippen LogP contribution in [0.4, 0.5) is 0 Å². The molecule has 238 valence electrons. The first kappa shape index (κ1) is 31.8. The average molecular weight is 638 g/mol. The normalized spacial score (nSPS) is 16.5. The summed E-state index contributed by atoms with van der Waals surface area (Å²) in [5.41, 5.74) is 1.69. The van der Waals surface area contributed by atoms with Crippen molar-refractivity contribution >= 4 is 29.3 Å². The van der Waals surface area contributed by atoms with E-state index in [1.54, 1.807) is 61.2 Å². The van der Waals surface area contributed by atoms with Crippen LogP contribution in [0.3, 0.4) is 0 Å². The van der Waals surface area contributed by atoms with Gasteiger partial charge in [-0.1, -0.05) is 23.5 Å². The Bertz CT molecular complexity index is 1800. The van der Waals surface area contributed by atoms with Gasteiger partial charge in [0.15, 0.2) is 34.4 Å². The molecule has 0 N–H and O–H groups in total. The number of fused-ring (bicyclic) bond motifs is 1. The molecule has 1 saturated heterocycles. The lowest BCUT2D eigenvalue weighted by molar-refractivity contribution is -0.139. The molecule has 0 bridgehead atoms. The summed E-state index contributed by atoms with van der Waals surface area (Å²) >= 11 is 1.20. The summed E-state index contributed by atoms with van der Waals surface area (Å²) < 4.78 is 34.8. The molecule has 1 aromatic heterocycles. The van der Waals surface area contributed by atoms with Gasteiger partial charge in [0.2, 0.25) is 0 Å². The monoisotopic (exact) mass is 637 g/mol. The molecule has 1 atom stereocenters. The number of amides is 1. The molecule has 0 aliphatic carbocycles. The van der Waals surface area contributed by atoms with Gasteiger partial charge >= 0.3 is 5.97 Å². The molecular formula is C32H35N3O9S. The Labute approximate surface area is 263 Å². The minimum Gasteiger partial charge on any atom is -0.493 e. The molecule has 2 aliphatic rings. The summed E-state index contributed by atoms with van der Waals surface area (Å²) in [6.07, 6.45) is 1.73. The van der Waals surface area contributed by atoms with Crippen LogP contribution in [0.1, 0.15) is 31.0 Å². The molecule has 5 rings (SSSR count). The number of ether oxygens (including phenoxy) is 6. The number of carbonyl (C=O) groups excluding carboxylic acids is 2. The zero-order chi connectivity index (χ0) is 32.1. The molecule has 13 heteroatoms. The lowest BCUT2D eigenvalue weighted by Gasteiger charge is -2.26. The van der Waals surface area contributed by atoms with E-state index in [9.17, 15) is 14.4 Å². The minimum absolute atomic E-state index is 0.132. The van der Waals surface area contributed by atoms with Crippen LogP contribution in [0.25, 0.3) is 6.08 Å². The number of aromatic nitrogens is 1. The van der Waals surface area contributed by atoms with Crippen LogP contribution < -0.4 is 33.8 Å². The molecule has 3 aromatic rings. The number of hydrogen-bond acceptors (Lipinski definition) is 11. The van der Waals surface area contributed by atoms with Gasteiger partial charge in [-0.05, 0) is 55.3 Å². The van der Waals surface area contributed by atoms with Gasteiger partial charge in [-0.15, -0.1) is 0 Å². The van der Waals surface area contributed by atoms with Crippen molar-refractivity contribution < 1.29 is 38.0 Å². The van der Waals surface area contributed by atoms with Gasteiger partial charge in [-0.3, -0.25) is 14.2 Å². The van der Waals surface area contributed by atoms with Crippen LogP contribution in [-0.4, -0.2) is 82.2 Å². The summed E-state index contributed by atoms with van der Waals surface area (Å²) in [6.45, 7) is 5.56. The average Bonchev–Trinajstić information content (AvgIpc) is 3.36. The summed E-state index contributed by atoms with van der Waals surface area (Å²) in [7, 11) is 4.56. The topological polar surface area (TPSA) is 127 Å². The van der Waals surface area contributed by atoms with Crippen LogP contribution in [0.15, 0.2) is 57.5 Å². The van der Waals surface area contributed by atoms with E-state index in [4.69, 9.17) is 28.4 Å². The number of benzene rings is 2. The molecule has 3 heterocycles. The molecule has 0 radical (unpaired) electrons. The summed E-state index contributed by atoms with van der Waals surface area (Å²) in [5.74, 6) is 1.10. The molecule has 1 fully saturated rings. The predicted molar refractivity (Wildman–Crippen MR) is 166 cm³/mol. The Hall–Kier alpha value is -4.62. The van der Waals surface area contributed by atoms with Crippen molar-refractivity contribution in [2.75, 3.05) is 60.8 Å². The smallest absolute Gasteiger partial charge is 0.338 e. The number of thiazole rings is 1. The fourth-order valence-electron chi connectivity index (χ4n) is 5.22. The van der Waals surface area contributed by atoms with E-state index in [-0.39, 0.29) is 30.3 Å². The third kappa shape index (κ3) is 6.59. The zero-order valence-electron chi connectivity index (χ0n) is 25.8. The Kier molecular flexibility index (Phi) is 9.89. The third-order valence-electron chi connectivity index (χ3n) is 7.44. The lowest BCUT2D eigenvalue weighted by atomic mass is 9.95. The predicted octanol–water partition coefficient (Wildman–Crippen LogP) is 2.06. The molecule has 1 amide bonds. The van der Waals surface area contributed by atoms with E-state index in [1.165, 1.54) is 37.2 Å². The number of esters is 1. The number of carbonyl (C=O) groups is 2. The second kappa shape index (κ2) is 14.0. The molecule has 2 aliphatic heterocycles. The van der Waals surface area contributed by atoms with Gasteiger partial charge in [0.25, 0.3) is 11.5 Å². The van der Waals surface area contributed by atoms with E-state index in [0.717, 1.165) is 0 Å². The SMILES string of the molecule is CCOC(=O)C1=C(C)N=c2s/c(=C/c3ccc(OCC(=O)N4CCOCC4)c(OC)c3)c(=O)n2[C@H]1c1ccc(OC)c(OC)c1. The standard InChI is InChI=1S/C32H35N3O9S/c1-6-43-31(38)28-19(2)33-32-35(29(28)21-8-10-22(39-3)25(17-21)41-5)30(37)26(45-32)16-20-7-9-23(24(15-20)40-4)44-18-27(36)34-11-13-42-14-12-34/h7-10,15-17,29H,6,11-14,18H2,1-5H3/b26-16+/t29-/m0/s1. The Morgan fingerprint density at radius 3 is 2.38 bits per heavy atom. The molecule has 45 heavy (non-hydrogen) atoms. The first-order valence-corrected chi connectivity index (χ1v) is 15.2. The number of methoxy groups -OCH3 is 3. The number of rotatable bonds is 10. The second-order valence-corrected chi connectivity index (χ2v) is 11.1. The lowest BCUT2D eigenvalue weighted by Crippen LogP contribution is -2.43. The van der Waals surface area contributed by atoms with Crippen molar-refractivity contribution in [3.05, 3.63) is 78.5 Å². The Balaban J connectivity index is 1.52. The van der Waals surface area contributed by atoms with Gasteiger partial charge < -0.3 is 33.3 Å². The Morgan fingerprint density at radius 1 is 1.00 bits per heavy atom. The van der Waals surface area contributed by atoms with E-state index >= 15 is 0 Å². The quantitative estimate of drug-likeness (QED) is 0.307. The van der Waals surface area contributed by atoms with Crippen LogP contribution in [-0.2, 0) is 19.1 Å². The highest BCUT2D eigenvalue weighted by Crippen LogP contribution is 2.36. The highest BCUT2D eigenvalue weighted by Gasteiger charge is 2.34. The van der Waals surface area contributed by atoms with Crippen LogP contribution in [0.5, 0.6) is 23.0 Å². The van der Waals surface area contributed by atoms with Crippen LogP contribution >= 0.6 is 11.3 Å². The van der Waals surface area contributed by atoms with Gasteiger partial charge in [-0.2, -0.15) is 0 Å². The summed E-state index contributed by atoms with van der Waals surface area (Å²) in [4.78, 5) is 46.5.